The van der Waals surface area contributed by atoms with Crippen LogP contribution in [0.4, 0.5) is 0 Å². The summed E-state index contributed by atoms with van der Waals surface area (Å²) in [6.45, 7) is 4.22. The van der Waals surface area contributed by atoms with Crippen molar-refractivity contribution in [2.24, 2.45) is 0 Å². The monoisotopic (exact) mass is 958 g/mol. The number of hydrogen-bond donors (Lipinski definition) is 4. The van der Waals surface area contributed by atoms with Crippen LogP contribution in [0.5, 0.6) is 0 Å². The van der Waals surface area contributed by atoms with Crippen molar-refractivity contribution in [1.82, 2.24) is 5.32 Å². The normalized spacial score (nSPS) is 13.3. The zero-order chi connectivity index (χ0) is 49.3. The van der Waals surface area contributed by atoms with E-state index in [9.17, 15) is 20.1 Å². The molecule has 0 heterocycles. The van der Waals surface area contributed by atoms with Gasteiger partial charge < -0.3 is 20.6 Å². The molecule has 5 nitrogen and oxygen atoms in total. The van der Waals surface area contributed by atoms with E-state index in [1.807, 2.05) is 0 Å². The first-order chi connectivity index (χ1) is 33.6. The zero-order valence-electron chi connectivity index (χ0n) is 46.3. The van der Waals surface area contributed by atoms with Crippen molar-refractivity contribution in [1.29, 1.82) is 0 Å². The lowest BCUT2D eigenvalue weighted by Crippen LogP contribution is -2.50. The van der Waals surface area contributed by atoms with Crippen LogP contribution in [0.1, 0.15) is 348 Å². The van der Waals surface area contributed by atoms with Crippen molar-refractivity contribution >= 4 is 5.91 Å². The Kier molecular flexibility index (Phi) is 57.4. The van der Waals surface area contributed by atoms with E-state index < -0.39 is 18.2 Å². The summed E-state index contributed by atoms with van der Waals surface area (Å²) in [6.07, 6.45) is 75.0. The summed E-state index contributed by atoms with van der Waals surface area (Å²) in [7, 11) is 0. The van der Waals surface area contributed by atoms with Gasteiger partial charge in [-0.15, -0.1) is 0 Å². The maximum absolute atomic E-state index is 12.5. The highest BCUT2D eigenvalue weighted by atomic mass is 16.3. The minimum Gasteiger partial charge on any atom is -0.394 e. The first-order valence-electron chi connectivity index (χ1n) is 31.1. The van der Waals surface area contributed by atoms with Crippen LogP contribution < -0.4 is 5.32 Å². The zero-order valence-corrected chi connectivity index (χ0v) is 46.3. The highest BCUT2D eigenvalue weighted by Gasteiger charge is 2.26. The SMILES string of the molecule is CCCCCCCCCCC/C=C\C/C=C\CCCCCCCCCCCCCCCCCC(=O)NC(CO)C(O)C(O)CCCCCCCCCCCCCCCCCCCCCCCCC. The van der Waals surface area contributed by atoms with Crippen molar-refractivity contribution < 1.29 is 20.1 Å². The van der Waals surface area contributed by atoms with Crippen molar-refractivity contribution in [2.45, 2.75) is 366 Å². The van der Waals surface area contributed by atoms with Crippen molar-refractivity contribution in [3.63, 3.8) is 0 Å². The number of carbonyl (C=O) groups is 1. The number of rotatable bonds is 58. The van der Waals surface area contributed by atoms with E-state index in [1.54, 1.807) is 0 Å². The summed E-state index contributed by atoms with van der Waals surface area (Å²) in [5.74, 6) is -0.139. The third kappa shape index (κ3) is 52.6. The van der Waals surface area contributed by atoms with Gasteiger partial charge in [-0.1, -0.05) is 321 Å². The molecule has 0 spiro atoms. The second-order valence-corrected chi connectivity index (χ2v) is 21.6. The van der Waals surface area contributed by atoms with Crippen LogP contribution in [0.25, 0.3) is 0 Å². The fourth-order valence-corrected chi connectivity index (χ4v) is 10.0. The Labute approximate surface area is 426 Å². The van der Waals surface area contributed by atoms with Gasteiger partial charge in [0.1, 0.15) is 6.10 Å². The second-order valence-electron chi connectivity index (χ2n) is 21.6. The van der Waals surface area contributed by atoms with Crippen molar-refractivity contribution in [3.05, 3.63) is 24.3 Å². The minimum atomic E-state index is -1.14. The molecule has 0 aliphatic heterocycles. The molecule has 0 radical (unpaired) electrons. The van der Waals surface area contributed by atoms with E-state index >= 15 is 0 Å². The molecule has 404 valence electrons. The van der Waals surface area contributed by atoms with Crippen LogP contribution in [0.15, 0.2) is 24.3 Å². The Balaban J connectivity index is 3.50. The molecular weight excluding hydrogens is 835 g/mol. The molecule has 1 amide bonds. The Morgan fingerprint density at radius 3 is 0.926 bits per heavy atom. The largest absolute Gasteiger partial charge is 0.394 e. The lowest BCUT2D eigenvalue weighted by atomic mass is 9.99. The molecule has 0 saturated carbocycles. The maximum Gasteiger partial charge on any atom is 0.220 e. The van der Waals surface area contributed by atoms with Gasteiger partial charge in [0.25, 0.3) is 0 Å². The first-order valence-corrected chi connectivity index (χ1v) is 31.1. The first kappa shape index (κ1) is 66.8. The van der Waals surface area contributed by atoms with Crippen molar-refractivity contribution in [3.8, 4) is 0 Å². The molecule has 0 fully saturated rings. The Bertz CT molecular complexity index is 1010. The molecule has 68 heavy (non-hydrogen) atoms. The number of nitrogens with one attached hydrogen (secondary N) is 1. The summed E-state index contributed by atoms with van der Waals surface area (Å²) in [6, 6.07) is -0.809. The predicted octanol–water partition coefficient (Wildman–Crippen LogP) is 19.6. The molecule has 0 aliphatic rings. The molecule has 5 heteroatoms. The number of amides is 1. The number of carbonyl (C=O) groups excluding carboxylic acids is 1. The highest BCUT2D eigenvalue weighted by Crippen LogP contribution is 2.19. The number of hydrogen-bond acceptors (Lipinski definition) is 4. The van der Waals surface area contributed by atoms with Gasteiger partial charge in [-0.3, -0.25) is 4.79 Å². The van der Waals surface area contributed by atoms with Gasteiger partial charge in [0.15, 0.2) is 0 Å². The molecule has 0 rings (SSSR count). The van der Waals surface area contributed by atoms with E-state index in [4.69, 9.17) is 0 Å². The Hall–Kier alpha value is -1.17. The number of aliphatic hydroxyl groups excluding tert-OH is 3. The minimum absolute atomic E-state index is 0.139. The van der Waals surface area contributed by atoms with Crippen LogP contribution in [0.2, 0.25) is 0 Å². The molecule has 0 aromatic carbocycles. The molecule has 4 N–H and O–H groups in total. The molecule has 0 aromatic heterocycles. The molecule has 0 bridgehead atoms. The Morgan fingerprint density at radius 2 is 0.632 bits per heavy atom. The average molecular weight is 959 g/mol. The molecular formula is C63H123NO4. The molecule has 0 aliphatic carbocycles. The van der Waals surface area contributed by atoms with Crippen LogP contribution >= 0.6 is 0 Å². The van der Waals surface area contributed by atoms with E-state index in [2.05, 4.69) is 43.5 Å². The predicted molar refractivity (Wildman–Crippen MR) is 301 cm³/mol. The molecule has 0 aromatic rings. The van der Waals surface area contributed by atoms with Crippen LogP contribution in [-0.4, -0.2) is 46.1 Å². The molecule has 0 saturated heterocycles. The number of unbranched alkanes of at least 4 members (excludes halogenated alkanes) is 46. The smallest absolute Gasteiger partial charge is 0.220 e. The quantitative estimate of drug-likeness (QED) is 0.0361. The number of aliphatic hydroxyl groups is 3. The van der Waals surface area contributed by atoms with Gasteiger partial charge in [-0.25, -0.2) is 0 Å². The molecule has 3 atom stereocenters. The Morgan fingerprint density at radius 1 is 0.368 bits per heavy atom. The summed E-state index contributed by atoms with van der Waals surface area (Å²) in [4.78, 5) is 12.5. The van der Waals surface area contributed by atoms with E-state index in [0.717, 1.165) is 38.5 Å². The fourth-order valence-electron chi connectivity index (χ4n) is 10.0. The lowest BCUT2D eigenvalue weighted by Gasteiger charge is -2.26. The highest BCUT2D eigenvalue weighted by molar-refractivity contribution is 5.76. The van der Waals surface area contributed by atoms with Crippen LogP contribution in [-0.2, 0) is 4.79 Å². The van der Waals surface area contributed by atoms with Gasteiger partial charge in [0.2, 0.25) is 5.91 Å². The topological polar surface area (TPSA) is 89.8 Å². The van der Waals surface area contributed by atoms with Gasteiger partial charge in [0, 0.05) is 6.42 Å². The van der Waals surface area contributed by atoms with Gasteiger partial charge in [-0.05, 0) is 44.9 Å². The van der Waals surface area contributed by atoms with E-state index in [0.29, 0.717) is 12.8 Å². The maximum atomic E-state index is 12.5. The summed E-state index contributed by atoms with van der Waals surface area (Å²) in [5.41, 5.74) is 0. The summed E-state index contributed by atoms with van der Waals surface area (Å²) >= 11 is 0. The van der Waals surface area contributed by atoms with Gasteiger partial charge in [-0.2, -0.15) is 0 Å². The second kappa shape index (κ2) is 58.4. The molecule has 3 unspecified atom stereocenters. The van der Waals surface area contributed by atoms with Crippen molar-refractivity contribution in [2.75, 3.05) is 6.61 Å². The third-order valence-electron chi connectivity index (χ3n) is 14.8. The lowest BCUT2D eigenvalue weighted by molar-refractivity contribution is -0.124. The fraction of sp³-hybridized carbons (Fsp3) is 0.921. The third-order valence-corrected chi connectivity index (χ3v) is 14.8. The van der Waals surface area contributed by atoms with Crippen LogP contribution in [0.3, 0.4) is 0 Å². The number of allylic oxidation sites excluding steroid dienone is 4. The standard InChI is InChI=1S/C63H123NO4/c1-3-5-7-9-11-13-15-17-19-21-23-25-27-28-29-30-31-32-33-34-36-38-40-42-44-46-48-50-52-54-56-58-62(67)64-60(59-65)63(68)61(66)57-55-53-51-49-47-45-43-41-39-37-35-26-24-22-20-18-16-14-12-10-8-6-4-2/h23,25,28-29,60-61,63,65-66,68H,3-22,24,26-27,30-59H2,1-2H3,(H,64,67)/b25-23-,29-28-. The van der Waals surface area contributed by atoms with Crippen LogP contribution in [0, 0.1) is 0 Å². The summed E-state index contributed by atoms with van der Waals surface area (Å²) < 4.78 is 0. The van der Waals surface area contributed by atoms with Gasteiger partial charge in [0.05, 0.1) is 18.8 Å². The van der Waals surface area contributed by atoms with E-state index in [1.165, 1.54) is 283 Å². The average Bonchev–Trinajstić information content (AvgIpc) is 3.34. The van der Waals surface area contributed by atoms with E-state index in [-0.39, 0.29) is 12.5 Å². The summed E-state index contributed by atoms with van der Waals surface area (Å²) in [5, 5.41) is 33.9. The van der Waals surface area contributed by atoms with Gasteiger partial charge >= 0.3 is 0 Å².